The van der Waals surface area contributed by atoms with E-state index in [1.54, 1.807) is 0 Å². The molecule has 0 saturated carbocycles. The summed E-state index contributed by atoms with van der Waals surface area (Å²) in [5.41, 5.74) is -1.37. The van der Waals surface area contributed by atoms with Crippen molar-refractivity contribution in [2.24, 2.45) is 0 Å². The molecule has 0 fully saturated rings. The Labute approximate surface area is 64.4 Å². The summed E-state index contributed by atoms with van der Waals surface area (Å²) in [6.07, 6.45) is 0. The monoisotopic (exact) mass is 172 g/mol. The van der Waals surface area contributed by atoms with Gasteiger partial charge >= 0.3 is 0 Å². The van der Waals surface area contributed by atoms with Crippen LogP contribution in [0.5, 0.6) is 0 Å². The fourth-order valence-electron chi connectivity index (χ4n) is 0.456. The van der Waals surface area contributed by atoms with Gasteiger partial charge in [-0.1, -0.05) is 0 Å². The molecular weight excluding hydrogens is 172 g/mol. The van der Waals surface area contributed by atoms with Crippen molar-refractivity contribution >= 4 is 23.7 Å². The average Bonchev–Trinajstić information content (AvgIpc) is 2.32. The van der Waals surface area contributed by atoms with E-state index in [4.69, 9.17) is 0 Å². The van der Waals surface area contributed by atoms with Crippen LogP contribution in [0.25, 0.3) is 0 Å². The molecule has 0 amide bonds. The Hall–Kier alpha value is -1.50. The lowest BCUT2D eigenvalue weighted by molar-refractivity contribution is -0.260. The van der Waals surface area contributed by atoms with Gasteiger partial charge in [-0.25, -0.2) is 0 Å². The average molecular weight is 172 g/mol. The van der Waals surface area contributed by atoms with Gasteiger partial charge in [0.15, 0.2) is 0 Å². The fraction of sp³-hybridized carbons (Fsp3) is 0. The highest BCUT2D eigenvalue weighted by atomic mass is 32.1. The van der Waals surface area contributed by atoms with Gasteiger partial charge in [-0.15, -0.1) is 0 Å². The van der Waals surface area contributed by atoms with Crippen LogP contribution < -0.4 is 10.2 Å². The Morgan fingerprint density at radius 1 is 1.09 bits per heavy atom. The number of carboxylic acids is 2. The Bertz CT molecular complexity index is 278. The summed E-state index contributed by atoms with van der Waals surface area (Å²) in [6, 6.07) is 0. The molecule has 11 heavy (non-hydrogen) atoms. The standard InChI is InChI=1S/C4H2N2O4S/c7-3(8)1-2(4(9)10)6-11-5-1/h(H,7,8)(H,9,10)/p-2. The van der Waals surface area contributed by atoms with Crippen molar-refractivity contribution in [3.63, 3.8) is 0 Å². The van der Waals surface area contributed by atoms with Crippen LogP contribution in [0.4, 0.5) is 0 Å². The summed E-state index contributed by atoms with van der Waals surface area (Å²) < 4.78 is 6.37. The number of nitrogens with zero attached hydrogens (tertiary/aromatic N) is 2. The van der Waals surface area contributed by atoms with Gasteiger partial charge in [0, 0.05) is 0 Å². The van der Waals surface area contributed by atoms with Crippen molar-refractivity contribution in [1.29, 1.82) is 0 Å². The molecule has 1 rings (SSSR count). The highest BCUT2D eigenvalue weighted by molar-refractivity contribution is 6.99. The lowest BCUT2D eigenvalue weighted by Crippen LogP contribution is -2.30. The first-order valence-corrected chi connectivity index (χ1v) is 3.11. The van der Waals surface area contributed by atoms with Crippen LogP contribution in [0, 0.1) is 0 Å². The molecule has 0 aliphatic carbocycles. The first-order chi connectivity index (χ1) is 5.13. The summed E-state index contributed by atoms with van der Waals surface area (Å²) in [5, 5.41) is 20.2. The van der Waals surface area contributed by atoms with Crippen LogP contribution in [-0.2, 0) is 0 Å². The van der Waals surface area contributed by atoms with E-state index in [-0.39, 0.29) is 0 Å². The number of carbonyl (C=O) groups excluding carboxylic acids is 2. The van der Waals surface area contributed by atoms with Crippen molar-refractivity contribution in [3.8, 4) is 0 Å². The summed E-state index contributed by atoms with van der Waals surface area (Å²) in [4.78, 5) is 20.2. The normalized spacial score (nSPS) is 9.45. The third kappa shape index (κ3) is 1.32. The SMILES string of the molecule is O=C([O-])c1nsnc1C(=O)[O-]. The van der Waals surface area contributed by atoms with E-state index in [1.165, 1.54) is 0 Å². The molecule has 58 valence electrons. The van der Waals surface area contributed by atoms with E-state index >= 15 is 0 Å². The number of aromatic nitrogens is 2. The Balaban J connectivity index is 3.16. The maximum absolute atomic E-state index is 10.1. The van der Waals surface area contributed by atoms with Gasteiger partial charge in [0.05, 0.1) is 23.7 Å². The molecule has 1 heterocycles. The topological polar surface area (TPSA) is 106 Å². The Kier molecular flexibility index (Phi) is 1.81. The molecule has 0 unspecified atom stereocenters. The number of hydrogen-bond acceptors (Lipinski definition) is 7. The zero-order valence-corrected chi connectivity index (χ0v) is 5.75. The van der Waals surface area contributed by atoms with E-state index in [1.807, 2.05) is 0 Å². The Morgan fingerprint density at radius 3 is 1.73 bits per heavy atom. The van der Waals surface area contributed by atoms with Crippen LogP contribution in [0.1, 0.15) is 21.0 Å². The molecule has 0 bridgehead atoms. The molecule has 0 N–H and O–H groups in total. The third-order valence-electron chi connectivity index (χ3n) is 0.875. The summed E-state index contributed by atoms with van der Waals surface area (Å²) in [6.45, 7) is 0. The van der Waals surface area contributed by atoms with E-state index < -0.39 is 23.3 Å². The Morgan fingerprint density at radius 2 is 1.45 bits per heavy atom. The van der Waals surface area contributed by atoms with Gasteiger partial charge in [0.1, 0.15) is 11.4 Å². The number of rotatable bonds is 2. The molecule has 0 spiro atoms. The summed E-state index contributed by atoms with van der Waals surface area (Å²) in [5.74, 6) is -3.34. The molecule has 6 nitrogen and oxygen atoms in total. The van der Waals surface area contributed by atoms with E-state index in [0.717, 1.165) is 0 Å². The van der Waals surface area contributed by atoms with Gasteiger partial charge in [-0.3, -0.25) is 0 Å². The van der Waals surface area contributed by atoms with Crippen molar-refractivity contribution in [1.82, 2.24) is 8.75 Å². The second kappa shape index (κ2) is 2.62. The van der Waals surface area contributed by atoms with Crippen LogP contribution >= 0.6 is 11.7 Å². The minimum absolute atomic E-state index is 0.481. The quantitative estimate of drug-likeness (QED) is 0.479. The summed E-state index contributed by atoms with van der Waals surface area (Å²) in [7, 11) is 0. The van der Waals surface area contributed by atoms with Crippen LogP contribution in [0.3, 0.4) is 0 Å². The lowest BCUT2D eigenvalue weighted by atomic mass is 10.3. The molecule has 0 aliphatic heterocycles. The maximum atomic E-state index is 10.1. The van der Waals surface area contributed by atoms with Crippen molar-refractivity contribution in [3.05, 3.63) is 11.4 Å². The highest BCUT2D eigenvalue weighted by Gasteiger charge is 2.08. The molecular formula is C4N2O4S-2. The zero-order chi connectivity index (χ0) is 8.43. The molecule has 0 atom stereocenters. The molecule has 0 aliphatic rings. The maximum Gasteiger partial charge on any atom is 0.129 e. The zero-order valence-electron chi connectivity index (χ0n) is 4.94. The number of hydrogen-bond donors (Lipinski definition) is 0. The largest absolute Gasteiger partial charge is 0.543 e. The molecule has 1 aromatic heterocycles. The minimum Gasteiger partial charge on any atom is -0.543 e. The van der Waals surface area contributed by atoms with Gasteiger partial charge in [0.25, 0.3) is 0 Å². The molecule has 1 aromatic rings. The molecule has 0 saturated heterocycles. The smallest absolute Gasteiger partial charge is 0.129 e. The van der Waals surface area contributed by atoms with Crippen molar-refractivity contribution < 1.29 is 19.8 Å². The first-order valence-electron chi connectivity index (χ1n) is 2.38. The predicted octanol–water partition coefficient (Wildman–Crippen LogP) is -2.73. The second-order valence-corrected chi connectivity index (χ2v) is 2.06. The van der Waals surface area contributed by atoms with Crippen molar-refractivity contribution in [2.75, 3.05) is 0 Å². The van der Waals surface area contributed by atoms with Gasteiger partial charge in [-0.2, -0.15) is 8.75 Å². The second-order valence-electron chi connectivity index (χ2n) is 1.54. The van der Waals surface area contributed by atoms with Crippen LogP contribution in [0.2, 0.25) is 0 Å². The molecule has 0 aromatic carbocycles. The van der Waals surface area contributed by atoms with Crippen molar-refractivity contribution in [2.45, 2.75) is 0 Å². The minimum atomic E-state index is -1.67. The molecule has 0 radical (unpaired) electrons. The first kappa shape index (κ1) is 7.61. The number of aromatic carboxylic acids is 2. The molecule has 7 heteroatoms. The van der Waals surface area contributed by atoms with Gasteiger partial charge in [-0.05, 0) is 0 Å². The van der Waals surface area contributed by atoms with E-state index in [0.29, 0.717) is 11.7 Å². The van der Waals surface area contributed by atoms with E-state index in [2.05, 4.69) is 8.75 Å². The summed E-state index contributed by atoms with van der Waals surface area (Å²) >= 11 is 0.481. The van der Waals surface area contributed by atoms with Crippen LogP contribution in [-0.4, -0.2) is 20.7 Å². The van der Waals surface area contributed by atoms with Gasteiger partial charge < -0.3 is 19.8 Å². The fourth-order valence-corrected chi connectivity index (χ4v) is 0.983. The van der Waals surface area contributed by atoms with Gasteiger partial charge in [0.2, 0.25) is 0 Å². The number of carbonyl (C=O) groups is 2. The van der Waals surface area contributed by atoms with E-state index in [9.17, 15) is 19.8 Å². The number of carboxylic acid groups (broad SMARTS) is 2. The lowest BCUT2D eigenvalue weighted by Gasteiger charge is -2.00. The van der Waals surface area contributed by atoms with Crippen LogP contribution in [0.15, 0.2) is 0 Å². The highest BCUT2D eigenvalue weighted by Crippen LogP contribution is 2.02. The predicted molar refractivity (Wildman–Crippen MR) is 28.6 cm³/mol. The third-order valence-corrected chi connectivity index (χ3v) is 1.40.